The van der Waals surface area contributed by atoms with Gasteiger partial charge in [-0.15, -0.1) is 0 Å². The van der Waals surface area contributed by atoms with Gasteiger partial charge >= 0.3 is 0 Å². The first kappa shape index (κ1) is 8.75. The molecule has 1 aromatic rings. The molecule has 1 aliphatic heterocycles. The lowest BCUT2D eigenvalue weighted by Crippen LogP contribution is -1.95. The van der Waals surface area contributed by atoms with Crippen molar-refractivity contribution >= 4 is 9.84 Å². The Morgan fingerprint density at radius 1 is 1.23 bits per heavy atom. The Kier molecular flexibility index (Phi) is 1.91. The van der Waals surface area contributed by atoms with Crippen LogP contribution in [0.3, 0.4) is 0 Å². The van der Waals surface area contributed by atoms with E-state index >= 15 is 0 Å². The molecule has 0 amide bonds. The van der Waals surface area contributed by atoms with E-state index in [9.17, 15) is 8.42 Å². The average molecular weight is 196 g/mol. The number of sulfone groups is 1. The Labute approximate surface area is 78.5 Å². The van der Waals surface area contributed by atoms with Crippen LogP contribution in [0.15, 0.2) is 18.2 Å². The van der Waals surface area contributed by atoms with Crippen LogP contribution in [-0.2, 0) is 27.8 Å². The smallest absolute Gasteiger partial charge is 0.158 e. The van der Waals surface area contributed by atoms with Gasteiger partial charge in [0, 0.05) is 0 Å². The van der Waals surface area contributed by atoms with Gasteiger partial charge in [0.25, 0.3) is 0 Å². The van der Waals surface area contributed by atoms with Crippen molar-refractivity contribution < 1.29 is 8.42 Å². The van der Waals surface area contributed by atoms with E-state index in [0.717, 1.165) is 17.5 Å². The second kappa shape index (κ2) is 2.84. The molecule has 1 aliphatic rings. The fraction of sp³-hybridized carbons (Fsp3) is 0.400. The summed E-state index contributed by atoms with van der Waals surface area (Å²) in [6, 6.07) is 5.97. The van der Waals surface area contributed by atoms with E-state index in [2.05, 4.69) is 6.92 Å². The molecule has 0 unspecified atom stereocenters. The zero-order chi connectivity index (χ0) is 9.47. The summed E-state index contributed by atoms with van der Waals surface area (Å²) in [5.74, 6) is 0.461. The standard InChI is InChI=1S/C10H12O2S/c1-2-8-3-4-9-6-13(11,12)7-10(9)5-8/h3-5H,2,6-7H2,1H3. The number of hydrogen-bond donors (Lipinski definition) is 0. The molecular weight excluding hydrogens is 184 g/mol. The van der Waals surface area contributed by atoms with Gasteiger partial charge in [-0.05, 0) is 23.1 Å². The Hall–Kier alpha value is -0.830. The van der Waals surface area contributed by atoms with Crippen LogP contribution >= 0.6 is 0 Å². The van der Waals surface area contributed by atoms with Crippen LogP contribution < -0.4 is 0 Å². The third-order valence-electron chi connectivity index (χ3n) is 2.43. The van der Waals surface area contributed by atoms with Crippen LogP contribution in [0.25, 0.3) is 0 Å². The fourth-order valence-corrected chi connectivity index (χ4v) is 3.30. The lowest BCUT2D eigenvalue weighted by atomic mass is 10.1. The molecule has 1 aromatic carbocycles. The van der Waals surface area contributed by atoms with Crippen LogP contribution in [0.4, 0.5) is 0 Å². The Bertz CT molecular complexity index is 432. The van der Waals surface area contributed by atoms with Crippen molar-refractivity contribution in [3.8, 4) is 0 Å². The van der Waals surface area contributed by atoms with E-state index in [1.54, 1.807) is 0 Å². The molecule has 0 spiro atoms. The van der Waals surface area contributed by atoms with Crippen molar-refractivity contribution in [2.75, 3.05) is 0 Å². The van der Waals surface area contributed by atoms with E-state index in [1.165, 1.54) is 5.56 Å². The fourth-order valence-electron chi connectivity index (χ4n) is 1.70. The van der Waals surface area contributed by atoms with Crippen LogP contribution in [0.1, 0.15) is 23.6 Å². The maximum atomic E-state index is 11.3. The van der Waals surface area contributed by atoms with E-state index in [-0.39, 0.29) is 11.5 Å². The summed E-state index contributed by atoms with van der Waals surface area (Å²) in [7, 11) is -2.83. The highest BCUT2D eigenvalue weighted by atomic mass is 32.2. The lowest BCUT2D eigenvalue weighted by Gasteiger charge is -1.99. The molecule has 0 saturated heterocycles. The predicted octanol–water partition coefficient (Wildman–Crippen LogP) is 1.68. The number of aryl methyl sites for hydroxylation is 1. The first-order valence-corrected chi connectivity index (χ1v) is 6.24. The molecule has 0 saturated carbocycles. The topological polar surface area (TPSA) is 34.1 Å². The van der Waals surface area contributed by atoms with Gasteiger partial charge in [-0.3, -0.25) is 0 Å². The van der Waals surface area contributed by atoms with Gasteiger partial charge in [0.15, 0.2) is 9.84 Å². The van der Waals surface area contributed by atoms with Crippen molar-refractivity contribution in [3.63, 3.8) is 0 Å². The Morgan fingerprint density at radius 3 is 2.62 bits per heavy atom. The monoisotopic (exact) mass is 196 g/mol. The maximum absolute atomic E-state index is 11.3. The summed E-state index contributed by atoms with van der Waals surface area (Å²) >= 11 is 0. The normalized spacial score (nSPS) is 18.5. The zero-order valence-electron chi connectivity index (χ0n) is 7.58. The van der Waals surface area contributed by atoms with Crippen molar-refractivity contribution in [1.82, 2.24) is 0 Å². The minimum Gasteiger partial charge on any atom is -0.228 e. The van der Waals surface area contributed by atoms with Crippen molar-refractivity contribution in [1.29, 1.82) is 0 Å². The first-order valence-electron chi connectivity index (χ1n) is 4.42. The zero-order valence-corrected chi connectivity index (χ0v) is 8.39. The molecule has 0 aromatic heterocycles. The second-order valence-electron chi connectivity index (χ2n) is 3.49. The van der Waals surface area contributed by atoms with Gasteiger partial charge in [0.05, 0.1) is 11.5 Å². The summed E-state index contributed by atoms with van der Waals surface area (Å²) in [4.78, 5) is 0. The number of fused-ring (bicyclic) bond motifs is 1. The number of rotatable bonds is 1. The molecule has 0 atom stereocenters. The number of benzene rings is 1. The minimum absolute atomic E-state index is 0.228. The molecule has 3 heteroatoms. The summed E-state index contributed by atoms with van der Waals surface area (Å²) in [5.41, 5.74) is 3.20. The second-order valence-corrected chi connectivity index (χ2v) is 5.55. The molecule has 0 bridgehead atoms. The predicted molar refractivity (Wildman–Crippen MR) is 52.1 cm³/mol. The molecular formula is C10H12O2S. The Balaban J connectivity index is 2.47. The van der Waals surface area contributed by atoms with Crippen LogP contribution in [0.5, 0.6) is 0 Å². The highest BCUT2D eigenvalue weighted by Gasteiger charge is 2.24. The van der Waals surface area contributed by atoms with Crippen LogP contribution in [0, 0.1) is 0 Å². The highest BCUT2D eigenvalue weighted by Crippen LogP contribution is 2.25. The van der Waals surface area contributed by atoms with Gasteiger partial charge in [0.1, 0.15) is 0 Å². The summed E-state index contributed by atoms with van der Waals surface area (Å²) < 4.78 is 22.6. The van der Waals surface area contributed by atoms with E-state index in [0.29, 0.717) is 0 Å². The van der Waals surface area contributed by atoms with E-state index in [4.69, 9.17) is 0 Å². The summed E-state index contributed by atoms with van der Waals surface area (Å²) in [6.45, 7) is 2.07. The summed E-state index contributed by atoms with van der Waals surface area (Å²) in [6.07, 6.45) is 0.966. The van der Waals surface area contributed by atoms with Crippen LogP contribution in [-0.4, -0.2) is 8.42 Å². The van der Waals surface area contributed by atoms with Crippen molar-refractivity contribution in [3.05, 3.63) is 34.9 Å². The van der Waals surface area contributed by atoms with Gasteiger partial charge < -0.3 is 0 Å². The Morgan fingerprint density at radius 2 is 1.92 bits per heavy atom. The van der Waals surface area contributed by atoms with E-state index < -0.39 is 9.84 Å². The largest absolute Gasteiger partial charge is 0.228 e. The summed E-state index contributed by atoms with van der Waals surface area (Å²) in [5, 5.41) is 0. The average Bonchev–Trinajstić information content (AvgIpc) is 2.36. The van der Waals surface area contributed by atoms with Gasteiger partial charge in [-0.25, -0.2) is 8.42 Å². The molecule has 70 valence electrons. The first-order chi connectivity index (χ1) is 6.11. The molecule has 0 radical (unpaired) electrons. The molecule has 2 nitrogen and oxygen atoms in total. The molecule has 0 N–H and O–H groups in total. The number of hydrogen-bond acceptors (Lipinski definition) is 2. The molecule has 1 heterocycles. The van der Waals surface area contributed by atoms with Gasteiger partial charge in [0.2, 0.25) is 0 Å². The van der Waals surface area contributed by atoms with Gasteiger partial charge in [-0.1, -0.05) is 25.1 Å². The highest BCUT2D eigenvalue weighted by molar-refractivity contribution is 7.90. The minimum atomic E-state index is -2.83. The lowest BCUT2D eigenvalue weighted by molar-refractivity contribution is 0.598. The molecule has 2 rings (SSSR count). The van der Waals surface area contributed by atoms with Gasteiger partial charge in [-0.2, -0.15) is 0 Å². The SMILES string of the molecule is CCc1ccc2c(c1)CS(=O)(=O)C2. The van der Waals surface area contributed by atoms with Crippen molar-refractivity contribution in [2.24, 2.45) is 0 Å². The third-order valence-corrected chi connectivity index (χ3v) is 3.93. The quantitative estimate of drug-likeness (QED) is 0.684. The van der Waals surface area contributed by atoms with E-state index in [1.807, 2.05) is 18.2 Å². The van der Waals surface area contributed by atoms with Crippen LogP contribution in [0.2, 0.25) is 0 Å². The van der Waals surface area contributed by atoms with Crippen molar-refractivity contribution in [2.45, 2.75) is 24.9 Å². The third kappa shape index (κ3) is 1.61. The molecule has 0 aliphatic carbocycles. The maximum Gasteiger partial charge on any atom is 0.158 e. The molecule has 0 fully saturated rings. The molecule has 13 heavy (non-hydrogen) atoms.